The van der Waals surface area contributed by atoms with E-state index in [9.17, 15) is 0 Å². The van der Waals surface area contributed by atoms with Crippen LogP contribution in [0.2, 0.25) is 5.02 Å². The van der Waals surface area contributed by atoms with Gasteiger partial charge in [-0.25, -0.2) is 0 Å². The fraction of sp³-hybridized carbons (Fsp3) is 0.294. The predicted octanol–water partition coefficient (Wildman–Crippen LogP) is 5.44. The summed E-state index contributed by atoms with van der Waals surface area (Å²) in [6.45, 7) is 2.07. The summed E-state index contributed by atoms with van der Waals surface area (Å²) in [5, 5.41) is 1.88. The van der Waals surface area contributed by atoms with Crippen molar-refractivity contribution in [3.05, 3.63) is 70.2 Å². The minimum atomic E-state index is 0.572. The number of benzene rings is 2. The molecule has 0 saturated heterocycles. The summed E-state index contributed by atoms with van der Waals surface area (Å²) in [6.07, 6.45) is 2.09. The summed E-state index contributed by atoms with van der Waals surface area (Å²) in [7, 11) is 0. The average molecular weight is 338 g/mol. The zero-order valence-corrected chi connectivity index (χ0v) is 13.4. The van der Waals surface area contributed by atoms with Gasteiger partial charge in [-0.2, -0.15) is 0 Å². The van der Waals surface area contributed by atoms with E-state index >= 15 is 0 Å². The van der Waals surface area contributed by atoms with Crippen molar-refractivity contribution < 1.29 is 0 Å². The Balaban J connectivity index is 2.06. The predicted molar refractivity (Wildman–Crippen MR) is 87.3 cm³/mol. The lowest BCUT2D eigenvalue weighted by Gasteiger charge is -2.15. The van der Waals surface area contributed by atoms with Crippen LogP contribution in [-0.4, -0.2) is 5.33 Å². The third kappa shape index (κ3) is 4.36. The van der Waals surface area contributed by atoms with Crippen LogP contribution in [0, 0.1) is 12.8 Å². The lowest BCUT2D eigenvalue weighted by molar-refractivity contribution is 0.591. The largest absolute Gasteiger partial charge is 0.0925 e. The van der Waals surface area contributed by atoms with Gasteiger partial charge in [0.1, 0.15) is 0 Å². The molecule has 1 atom stereocenters. The topological polar surface area (TPSA) is 0 Å². The quantitative estimate of drug-likeness (QED) is 0.637. The molecule has 0 saturated carbocycles. The number of alkyl halides is 1. The van der Waals surface area contributed by atoms with Crippen LogP contribution in [0.1, 0.15) is 16.7 Å². The Labute approximate surface area is 128 Å². The Morgan fingerprint density at radius 1 is 1.05 bits per heavy atom. The van der Waals surface area contributed by atoms with Crippen molar-refractivity contribution in [2.24, 2.45) is 5.92 Å². The normalized spacial score (nSPS) is 12.4. The molecule has 1 unspecified atom stereocenters. The highest BCUT2D eigenvalue weighted by Crippen LogP contribution is 2.23. The van der Waals surface area contributed by atoms with Crippen LogP contribution in [0.4, 0.5) is 0 Å². The molecule has 2 heteroatoms. The fourth-order valence-corrected chi connectivity index (χ4v) is 3.03. The van der Waals surface area contributed by atoms with E-state index in [2.05, 4.69) is 65.3 Å². The smallest absolute Gasteiger partial charge is 0.0440 e. The molecule has 2 aromatic carbocycles. The zero-order chi connectivity index (χ0) is 13.7. The maximum Gasteiger partial charge on any atom is 0.0440 e. The van der Waals surface area contributed by atoms with Gasteiger partial charge in [0.15, 0.2) is 0 Å². The van der Waals surface area contributed by atoms with E-state index in [-0.39, 0.29) is 0 Å². The molecule has 19 heavy (non-hydrogen) atoms. The maximum absolute atomic E-state index is 6.32. The van der Waals surface area contributed by atoms with Gasteiger partial charge in [0.25, 0.3) is 0 Å². The third-order valence-corrected chi connectivity index (χ3v) is 4.57. The SMILES string of the molecule is Cc1ccc(CC(CBr)Cc2ccccc2)c(Cl)c1. The monoisotopic (exact) mass is 336 g/mol. The van der Waals surface area contributed by atoms with Crippen LogP contribution in [0.15, 0.2) is 48.5 Å². The van der Waals surface area contributed by atoms with Gasteiger partial charge in [-0.3, -0.25) is 0 Å². The summed E-state index contributed by atoms with van der Waals surface area (Å²) in [5.41, 5.74) is 3.84. The van der Waals surface area contributed by atoms with Crippen LogP contribution in [0.25, 0.3) is 0 Å². The molecule has 2 rings (SSSR count). The minimum Gasteiger partial charge on any atom is -0.0925 e. The Hall–Kier alpha value is -0.790. The second-order valence-electron chi connectivity index (χ2n) is 5.01. The van der Waals surface area contributed by atoms with Gasteiger partial charge in [-0.15, -0.1) is 0 Å². The van der Waals surface area contributed by atoms with Crippen molar-refractivity contribution in [2.45, 2.75) is 19.8 Å². The standard InChI is InChI=1S/C17H18BrCl/c1-13-7-8-16(17(19)9-13)11-15(12-18)10-14-5-3-2-4-6-14/h2-9,15H,10-12H2,1H3. The van der Waals surface area contributed by atoms with Crippen LogP contribution < -0.4 is 0 Å². The summed E-state index contributed by atoms with van der Waals surface area (Å²) < 4.78 is 0. The highest BCUT2D eigenvalue weighted by molar-refractivity contribution is 9.09. The molecular formula is C17H18BrCl. The molecule has 0 aliphatic heterocycles. The molecule has 0 heterocycles. The zero-order valence-electron chi connectivity index (χ0n) is 11.1. The van der Waals surface area contributed by atoms with E-state index in [0.29, 0.717) is 5.92 Å². The van der Waals surface area contributed by atoms with Crippen LogP contribution in [0.5, 0.6) is 0 Å². The van der Waals surface area contributed by atoms with Crippen molar-refractivity contribution in [1.29, 1.82) is 0 Å². The number of hydrogen-bond donors (Lipinski definition) is 0. The Kier molecular flexibility index (Phi) is 5.47. The number of aryl methyl sites for hydroxylation is 1. The van der Waals surface area contributed by atoms with E-state index in [1.54, 1.807) is 0 Å². The molecule has 100 valence electrons. The lowest BCUT2D eigenvalue weighted by atomic mass is 9.94. The first-order valence-electron chi connectivity index (χ1n) is 6.54. The fourth-order valence-electron chi connectivity index (χ4n) is 2.26. The summed E-state index contributed by atoms with van der Waals surface area (Å²) in [6, 6.07) is 17.0. The molecule has 0 aliphatic rings. The Morgan fingerprint density at radius 3 is 2.42 bits per heavy atom. The average Bonchev–Trinajstić information content (AvgIpc) is 2.42. The van der Waals surface area contributed by atoms with E-state index in [0.717, 1.165) is 23.2 Å². The third-order valence-electron chi connectivity index (χ3n) is 3.30. The van der Waals surface area contributed by atoms with Crippen molar-refractivity contribution in [3.8, 4) is 0 Å². The van der Waals surface area contributed by atoms with Crippen LogP contribution in [-0.2, 0) is 12.8 Å². The van der Waals surface area contributed by atoms with Gasteiger partial charge in [-0.05, 0) is 48.4 Å². The molecule has 2 aromatic rings. The molecule has 0 bridgehead atoms. The second-order valence-corrected chi connectivity index (χ2v) is 6.06. The van der Waals surface area contributed by atoms with Crippen LogP contribution in [0.3, 0.4) is 0 Å². The molecule has 0 nitrogen and oxygen atoms in total. The van der Waals surface area contributed by atoms with Crippen molar-refractivity contribution in [2.75, 3.05) is 5.33 Å². The van der Waals surface area contributed by atoms with Gasteiger partial charge in [0, 0.05) is 10.4 Å². The Morgan fingerprint density at radius 2 is 1.79 bits per heavy atom. The molecule has 0 spiro atoms. The summed E-state index contributed by atoms with van der Waals surface area (Å²) in [4.78, 5) is 0. The molecule has 0 aliphatic carbocycles. The Bertz CT molecular complexity index is 522. The van der Waals surface area contributed by atoms with Crippen molar-refractivity contribution in [3.63, 3.8) is 0 Å². The van der Waals surface area contributed by atoms with Gasteiger partial charge in [0.2, 0.25) is 0 Å². The van der Waals surface area contributed by atoms with Gasteiger partial charge < -0.3 is 0 Å². The molecule has 0 N–H and O–H groups in total. The first kappa shape index (κ1) is 14.6. The van der Waals surface area contributed by atoms with Gasteiger partial charge in [0.05, 0.1) is 0 Å². The highest BCUT2D eigenvalue weighted by Gasteiger charge is 2.11. The maximum atomic E-state index is 6.32. The molecule has 0 radical (unpaired) electrons. The number of hydrogen-bond acceptors (Lipinski definition) is 0. The van der Waals surface area contributed by atoms with Crippen molar-refractivity contribution >= 4 is 27.5 Å². The molecule has 0 amide bonds. The van der Waals surface area contributed by atoms with Gasteiger partial charge in [-0.1, -0.05) is 70.0 Å². The number of rotatable bonds is 5. The van der Waals surface area contributed by atoms with E-state index in [1.165, 1.54) is 16.7 Å². The molecule has 0 aromatic heterocycles. The molecular weight excluding hydrogens is 320 g/mol. The first-order valence-corrected chi connectivity index (χ1v) is 8.04. The second kappa shape index (κ2) is 7.12. The molecule has 0 fully saturated rings. The lowest BCUT2D eigenvalue weighted by Crippen LogP contribution is -2.10. The minimum absolute atomic E-state index is 0.572. The van der Waals surface area contributed by atoms with E-state index in [1.807, 2.05) is 6.07 Å². The number of halogens is 2. The summed E-state index contributed by atoms with van der Waals surface area (Å²) >= 11 is 9.95. The first-order chi connectivity index (χ1) is 9.19. The van der Waals surface area contributed by atoms with E-state index in [4.69, 9.17) is 11.6 Å². The summed E-state index contributed by atoms with van der Waals surface area (Å²) in [5.74, 6) is 0.572. The van der Waals surface area contributed by atoms with Crippen molar-refractivity contribution in [1.82, 2.24) is 0 Å². The van der Waals surface area contributed by atoms with Crippen LogP contribution >= 0.6 is 27.5 Å². The van der Waals surface area contributed by atoms with E-state index < -0.39 is 0 Å². The highest BCUT2D eigenvalue weighted by atomic mass is 79.9. The van der Waals surface area contributed by atoms with Gasteiger partial charge >= 0.3 is 0 Å².